The topological polar surface area (TPSA) is 41.6 Å². The highest BCUT2D eigenvalue weighted by molar-refractivity contribution is 5.53. The van der Waals surface area contributed by atoms with Gasteiger partial charge in [0.1, 0.15) is 6.34 Å². The lowest BCUT2D eigenvalue weighted by atomic mass is 10.6. The summed E-state index contributed by atoms with van der Waals surface area (Å²) in [6.07, 6.45) is 1.64. The van der Waals surface area contributed by atoms with E-state index in [1.165, 1.54) is 0 Å². The van der Waals surface area contributed by atoms with E-state index in [0.29, 0.717) is 0 Å². The lowest BCUT2D eigenvalue weighted by molar-refractivity contribution is 0.478. The molecule has 3 heteroatoms. The van der Waals surface area contributed by atoms with Crippen molar-refractivity contribution in [1.29, 1.82) is 0 Å². The van der Waals surface area contributed by atoms with E-state index in [1.807, 2.05) is 4.90 Å². The second kappa shape index (κ2) is 4.43. The molecule has 0 aromatic carbocycles. The Bertz CT molecular complexity index is 66.1. The highest BCUT2D eigenvalue weighted by Crippen LogP contribution is 1.77. The maximum absolute atomic E-state index is 4.91. The van der Waals surface area contributed by atoms with E-state index in [1.54, 1.807) is 6.34 Å². The van der Waals surface area contributed by atoms with Gasteiger partial charge in [0.15, 0.2) is 0 Å². The Morgan fingerprint density at radius 1 is 1.50 bits per heavy atom. The fraction of sp³-hybridized carbons (Fsp3) is 0.800. The van der Waals surface area contributed by atoms with Crippen LogP contribution in [0.3, 0.4) is 0 Å². The van der Waals surface area contributed by atoms with Crippen molar-refractivity contribution >= 4 is 6.34 Å². The average molecular weight is 115 g/mol. The summed E-state index contributed by atoms with van der Waals surface area (Å²) in [6, 6.07) is 0. The van der Waals surface area contributed by atoms with Crippen LogP contribution in [0.25, 0.3) is 0 Å². The van der Waals surface area contributed by atoms with Crippen molar-refractivity contribution in [2.24, 2.45) is 10.9 Å². The van der Waals surface area contributed by atoms with Crippen molar-refractivity contribution < 1.29 is 0 Å². The largest absolute Gasteiger partial charge is 0.362 e. The van der Waals surface area contributed by atoms with Crippen LogP contribution in [0.1, 0.15) is 13.8 Å². The number of hydrazone groups is 1. The quantitative estimate of drug-likeness (QED) is 0.247. The summed E-state index contributed by atoms with van der Waals surface area (Å²) in [5.74, 6) is 4.91. The van der Waals surface area contributed by atoms with Gasteiger partial charge in [-0.1, -0.05) is 0 Å². The molecule has 0 rings (SSSR count). The van der Waals surface area contributed by atoms with Gasteiger partial charge in [-0.25, -0.2) is 0 Å². The third-order valence-electron chi connectivity index (χ3n) is 1.04. The Morgan fingerprint density at radius 2 is 2.00 bits per heavy atom. The molecule has 0 saturated heterocycles. The minimum Gasteiger partial charge on any atom is -0.362 e. The van der Waals surface area contributed by atoms with E-state index in [-0.39, 0.29) is 0 Å². The Balaban J connectivity index is 3.36. The van der Waals surface area contributed by atoms with Gasteiger partial charge in [-0.05, 0) is 13.8 Å². The van der Waals surface area contributed by atoms with Gasteiger partial charge in [0, 0.05) is 13.1 Å². The fourth-order valence-corrected chi connectivity index (χ4v) is 0.481. The molecule has 0 aliphatic carbocycles. The molecule has 0 radical (unpaired) electrons. The minimum atomic E-state index is 0.969. The summed E-state index contributed by atoms with van der Waals surface area (Å²) in [5, 5.41) is 3.38. The van der Waals surface area contributed by atoms with Crippen LogP contribution in [0.15, 0.2) is 5.10 Å². The van der Waals surface area contributed by atoms with Crippen LogP contribution in [0.5, 0.6) is 0 Å². The first-order chi connectivity index (χ1) is 3.85. The van der Waals surface area contributed by atoms with Crippen LogP contribution in [-0.2, 0) is 0 Å². The van der Waals surface area contributed by atoms with Crippen LogP contribution in [0.2, 0.25) is 0 Å². The zero-order valence-corrected chi connectivity index (χ0v) is 5.46. The molecule has 0 aliphatic heterocycles. The second-order valence-electron chi connectivity index (χ2n) is 1.49. The molecule has 3 nitrogen and oxygen atoms in total. The van der Waals surface area contributed by atoms with Crippen molar-refractivity contribution in [3.8, 4) is 0 Å². The van der Waals surface area contributed by atoms with Gasteiger partial charge in [0.05, 0.1) is 0 Å². The number of hydrogen-bond acceptors (Lipinski definition) is 2. The van der Waals surface area contributed by atoms with E-state index >= 15 is 0 Å². The monoisotopic (exact) mass is 115 g/mol. The number of nitrogens with two attached hydrogens (primary N) is 1. The standard InChI is InChI=1S/C5H13N3/c1-3-8(4-2)5-7-6/h5H,3-4,6H2,1-2H3/b7-5+. The molecule has 0 aromatic rings. The molecule has 0 heterocycles. The first kappa shape index (κ1) is 7.27. The molecule has 0 fully saturated rings. The van der Waals surface area contributed by atoms with Gasteiger partial charge in [-0.15, -0.1) is 0 Å². The molecular formula is C5H13N3. The maximum atomic E-state index is 4.91. The molecule has 0 spiro atoms. The molecule has 0 aromatic heterocycles. The van der Waals surface area contributed by atoms with Crippen LogP contribution in [-0.4, -0.2) is 24.3 Å². The predicted molar refractivity (Wildman–Crippen MR) is 35.6 cm³/mol. The number of nitrogens with zero attached hydrogens (tertiary/aromatic N) is 2. The van der Waals surface area contributed by atoms with E-state index in [9.17, 15) is 0 Å². The van der Waals surface area contributed by atoms with Crippen molar-refractivity contribution in [3.05, 3.63) is 0 Å². The molecule has 0 unspecified atom stereocenters. The van der Waals surface area contributed by atoms with Gasteiger partial charge in [-0.2, -0.15) is 5.10 Å². The molecule has 2 N–H and O–H groups in total. The molecule has 48 valence electrons. The lowest BCUT2D eigenvalue weighted by Crippen LogP contribution is -2.21. The smallest absolute Gasteiger partial charge is 0.110 e. The van der Waals surface area contributed by atoms with Crippen molar-refractivity contribution in [2.45, 2.75) is 13.8 Å². The summed E-state index contributed by atoms with van der Waals surface area (Å²) >= 11 is 0. The SMILES string of the molecule is CCN(/C=N/N)CC. The van der Waals surface area contributed by atoms with Crippen LogP contribution in [0, 0.1) is 0 Å². The molecular weight excluding hydrogens is 102 g/mol. The Labute approximate surface area is 50.2 Å². The van der Waals surface area contributed by atoms with Gasteiger partial charge in [0.2, 0.25) is 0 Å². The number of rotatable bonds is 3. The summed E-state index contributed by atoms with van der Waals surface area (Å²) in [5.41, 5.74) is 0. The van der Waals surface area contributed by atoms with E-state index in [4.69, 9.17) is 5.84 Å². The van der Waals surface area contributed by atoms with E-state index < -0.39 is 0 Å². The molecule has 0 amide bonds. The molecule has 0 saturated carbocycles. The van der Waals surface area contributed by atoms with Gasteiger partial charge in [-0.3, -0.25) is 0 Å². The maximum Gasteiger partial charge on any atom is 0.110 e. The average Bonchev–Trinajstić information content (AvgIpc) is 1.83. The highest BCUT2D eigenvalue weighted by atomic mass is 15.2. The minimum absolute atomic E-state index is 0.969. The summed E-state index contributed by atoms with van der Waals surface area (Å²) in [6.45, 7) is 6.06. The highest BCUT2D eigenvalue weighted by Gasteiger charge is 1.86. The van der Waals surface area contributed by atoms with Crippen LogP contribution in [0.4, 0.5) is 0 Å². The normalized spacial score (nSPS) is 10.2. The van der Waals surface area contributed by atoms with E-state index in [0.717, 1.165) is 13.1 Å². The molecule has 0 aliphatic rings. The van der Waals surface area contributed by atoms with Gasteiger partial charge >= 0.3 is 0 Å². The second-order valence-corrected chi connectivity index (χ2v) is 1.49. The Kier molecular flexibility index (Phi) is 4.03. The zero-order chi connectivity index (χ0) is 6.41. The first-order valence-electron chi connectivity index (χ1n) is 2.82. The number of hydrogen-bond donors (Lipinski definition) is 1. The fourth-order valence-electron chi connectivity index (χ4n) is 0.481. The molecule has 8 heavy (non-hydrogen) atoms. The van der Waals surface area contributed by atoms with Crippen LogP contribution >= 0.6 is 0 Å². The molecule has 0 bridgehead atoms. The van der Waals surface area contributed by atoms with Crippen molar-refractivity contribution in [2.75, 3.05) is 13.1 Å². The van der Waals surface area contributed by atoms with Crippen molar-refractivity contribution in [1.82, 2.24) is 4.90 Å². The van der Waals surface area contributed by atoms with E-state index in [2.05, 4.69) is 18.9 Å². The zero-order valence-electron chi connectivity index (χ0n) is 5.46. The Hall–Kier alpha value is -0.730. The van der Waals surface area contributed by atoms with Crippen LogP contribution < -0.4 is 5.84 Å². The third kappa shape index (κ3) is 2.44. The summed E-state index contributed by atoms with van der Waals surface area (Å²) in [7, 11) is 0. The third-order valence-corrected chi connectivity index (χ3v) is 1.04. The summed E-state index contributed by atoms with van der Waals surface area (Å²) < 4.78 is 0. The van der Waals surface area contributed by atoms with Gasteiger partial charge < -0.3 is 10.7 Å². The Morgan fingerprint density at radius 3 is 2.12 bits per heavy atom. The summed E-state index contributed by atoms with van der Waals surface area (Å²) in [4.78, 5) is 2.01. The van der Waals surface area contributed by atoms with Gasteiger partial charge in [0.25, 0.3) is 0 Å². The first-order valence-corrected chi connectivity index (χ1v) is 2.82. The predicted octanol–water partition coefficient (Wildman–Crippen LogP) is 0.230. The van der Waals surface area contributed by atoms with Crippen molar-refractivity contribution in [3.63, 3.8) is 0 Å². The molecule has 0 atom stereocenters. The lowest BCUT2D eigenvalue weighted by Gasteiger charge is -2.11.